The van der Waals surface area contributed by atoms with Crippen molar-refractivity contribution in [2.45, 2.75) is 88.4 Å². The van der Waals surface area contributed by atoms with Crippen LogP contribution in [0.3, 0.4) is 0 Å². The third kappa shape index (κ3) is 22.3. The number of allylic oxidation sites excluding steroid dienone is 2. The summed E-state index contributed by atoms with van der Waals surface area (Å²) in [6, 6.07) is 4.97. The summed E-state index contributed by atoms with van der Waals surface area (Å²) >= 11 is 0. The molecule has 8 radical (unpaired) electrons. The molecule has 0 rings (SSSR count). The highest BCUT2D eigenvalue weighted by Gasteiger charge is 1.98. The van der Waals surface area contributed by atoms with Crippen LogP contribution in [-0.4, -0.2) is 39.1 Å². The van der Waals surface area contributed by atoms with Crippen molar-refractivity contribution in [1.29, 1.82) is 0 Å². The van der Waals surface area contributed by atoms with Crippen LogP contribution in [-0.2, 0) is 8.23 Å². The van der Waals surface area contributed by atoms with Gasteiger partial charge in [0.15, 0.2) is 0 Å². The fourth-order valence-corrected chi connectivity index (χ4v) is 6.05. The monoisotopic (exact) mass is 394 g/mol. The number of hydrogen-bond donors (Lipinski definition) is 0. The van der Waals surface area contributed by atoms with E-state index < -0.39 is 0 Å². The average Bonchev–Trinajstić information content (AvgIpc) is 2.60. The van der Waals surface area contributed by atoms with E-state index in [1.165, 1.54) is 75.5 Å². The molecule has 0 heterocycles. The zero-order valence-electron chi connectivity index (χ0n) is 15.3. The highest BCUT2D eigenvalue weighted by Crippen LogP contribution is 2.07. The Morgan fingerprint density at radius 1 is 0.500 bits per heavy atom. The first-order valence-electron chi connectivity index (χ1n) is 9.36. The summed E-state index contributed by atoms with van der Waals surface area (Å²) in [5.74, 6) is 0. The predicted molar refractivity (Wildman–Crippen MR) is 111 cm³/mol. The third-order valence-electron chi connectivity index (χ3n) is 3.47. The zero-order valence-corrected chi connectivity index (χ0v) is 19.3. The van der Waals surface area contributed by atoms with Crippen molar-refractivity contribution in [2.24, 2.45) is 0 Å². The fourth-order valence-electron chi connectivity index (χ4n) is 2.03. The van der Waals surface area contributed by atoms with Gasteiger partial charge in [-0.1, -0.05) is 63.5 Å². The van der Waals surface area contributed by atoms with Crippen molar-refractivity contribution in [3.05, 3.63) is 25.3 Å². The molecule has 0 saturated heterocycles. The lowest BCUT2D eigenvalue weighted by Gasteiger charge is -2.03. The summed E-state index contributed by atoms with van der Waals surface area (Å²) < 4.78 is 11.5. The largest absolute Gasteiger partial charge is 0.457 e. The molecule has 6 heteroatoms. The van der Waals surface area contributed by atoms with E-state index in [1.807, 2.05) is 12.2 Å². The van der Waals surface area contributed by atoms with Crippen molar-refractivity contribution in [3.8, 4) is 0 Å². The number of unbranched alkanes of at least 4 members (excludes halogenated alkanes) is 7. The number of hydrogen-bond acceptors (Lipinski definition) is 2. The second kappa shape index (κ2) is 23.3. The molecule has 0 aromatic heterocycles. The van der Waals surface area contributed by atoms with Crippen LogP contribution in [0, 0.1) is 0 Å². The Kier molecular flexibility index (Phi) is 23.5. The quantitative estimate of drug-likeness (QED) is 0.146. The molecule has 0 amide bonds. The summed E-state index contributed by atoms with van der Waals surface area (Å²) in [6.07, 6.45) is 16.8. The molecule has 134 valence electrons. The molecule has 2 nitrogen and oxygen atoms in total. The maximum Gasteiger partial charge on any atom is 0.214 e. The van der Waals surface area contributed by atoms with E-state index in [4.69, 9.17) is 8.23 Å². The predicted octanol–water partition coefficient (Wildman–Crippen LogP) is 5.44. The lowest BCUT2D eigenvalue weighted by atomic mass is 10.2. The van der Waals surface area contributed by atoms with E-state index in [9.17, 15) is 0 Å². The molecule has 0 unspecified atom stereocenters. The first-order chi connectivity index (χ1) is 11.9. The zero-order chi connectivity index (χ0) is 17.6. The molecule has 0 saturated carbocycles. The summed E-state index contributed by atoms with van der Waals surface area (Å²) in [4.78, 5) is 0. The smallest absolute Gasteiger partial charge is 0.214 e. The molecule has 0 spiro atoms. The second-order valence-corrected chi connectivity index (χ2v) is 10.6. The molecule has 0 aromatic carbocycles. The van der Waals surface area contributed by atoms with Crippen molar-refractivity contribution in [2.75, 3.05) is 0 Å². The average molecular weight is 395 g/mol. The topological polar surface area (TPSA) is 18.5 Å². The third-order valence-corrected chi connectivity index (χ3v) is 8.01. The molecule has 0 atom stereocenters. The van der Waals surface area contributed by atoms with Gasteiger partial charge in [-0.25, -0.2) is 0 Å². The van der Waals surface area contributed by atoms with Gasteiger partial charge in [0.05, 0.1) is 0 Å². The summed E-state index contributed by atoms with van der Waals surface area (Å²) in [5.41, 5.74) is 0. The van der Waals surface area contributed by atoms with Crippen LogP contribution < -0.4 is 0 Å². The van der Waals surface area contributed by atoms with Gasteiger partial charge in [0.25, 0.3) is 0 Å². The van der Waals surface area contributed by atoms with Gasteiger partial charge in [-0.2, -0.15) is 0 Å². The van der Waals surface area contributed by atoms with Gasteiger partial charge in [0.1, 0.15) is 0 Å². The molecule has 0 N–H and O–H groups in total. The van der Waals surface area contributed by atoms with Crippen LogP contribution in [0.2, 0.25) is 24.2 Å². The van der Waals surface area contributed by atoms with Crippen LogP contribution >= 0.6 is 0 Å². The fraction of sp³-hybridized carbons (Fsp3) is 0.778. The van der Waals surface area contributed by atoms with Gasteiger partial charge in [0.2, 0.25) is 39.1 Å². The second-order valence-electron chi connectivity index (χ2n) is 5.76. The van der Waals surface area contributed by atoms with Crippen LogP contribution in [0.15, 0.2) is 25.3 Å². The summed E-state index contributed by atoms with van der Waals surface area (Å²) in [6.45, 7) is 7.49. The van der Waals surface area contributed by atoms with Gasteiger partial charge in [-0.3, -0.25) is 0 Å². The van der Waals surface area contributed by atoms with E-state index in [0.717, 1.165) is 32.4 Å². The van der Waals surface area contributed by atoms with E-state index in [-0.39, 0.29) is 0 Å². The lowest BCUT2D eigenvalue weighted by Crippen LogP contribution is -2.04. The van der Waals surface area contributed by atoms with Crippen LogP contribution in [0.5, 0.6) is 0 Å². The highest BCUT2D eigenvalue weighted by molar-refractivity contribution is 6.43. The van der Waals surface area contributed by atoms with Crippen molar-refractivity contribution in [1.82, 2.24) is 0 Å². The summed E-state index contributed by atoms with van der Waals surface area (Å²) in [7, 11) is 2.87. The first kappa shape index (κ1) is 24.3. The van der Waals surface area contributed by atoms with E-state index >= 15 is 0 Å². The van der Waals surface area contributed by atoms with Gasteiger partial charge in [-0.15, -0.1) is 13.2 Å². The maximum absolute atomic E-state index is 5.73. The van der Waals surface area contributed by atoms with Gasteiger partial charge in [-0.05, 0) is 37.0 Å². The molecule has 0 aromatic rings. The molecule has 0 aliphatic carbocycles. The highest BCUT2D eigenvalue weighted by atomic mass is 28.3. The Hall–Kier alpha value is 0.268. The van der Waals surface area contributed by atoms with Crippen molar-refractivity contribution < 1.29 is 8.23 Å². The van der Waals surface area contributed by atoms with Crippen LogP contribution in [0.25, 0.3) is 0 Å². The number of rotatable bonds is 21. The Labute approximate surface area is 161 Å². The Morgan fingerprint density at radius 2 is 0.833 bits per heavy atom. The molecule has 0 aliphatic heterocycles. The Balaban J connectivity index is 2.95. The molecule has 0 fully saturated rings. The van der Waals surface area contributed by atoms with Gasteiger partial charge < -0.3 is 8.23 Å². The summed E-state index contributed by atoms with van der Waals surface area (Å²) in [5, 5.41) is 0. The van der Waals surface area contributed by atoms with Gasteiger partial charge >= 0.3 is 0 Å². The van der Waals surface area contributed by atoms with E-state index in [1.54, 1.807) is 0 Å². The van der Waals surface area contributed by atoms with Crippen LogP contribution in [0.4, 0.5) is 0 Å². The molecular weight excluding hydrogens is 361 g/mol. The minimum absolute atomic E-state index is 0.713. The SMILES string of the molecule is C=CCCCC[Si]O[Si]CCCCCC[Si]O[Si]CCCCC=C. The van der Waals surface area contributed by atoms with Crippen molar-refractivity contribution >= 4 is 39.1 Å². The molecule has 0 bridgehead atoms. The van der Waals surface area contributed by atoms with Gasteiger partial charge in [0, 0.05) is 0 Å². The maximum atomic E-state index is 5.73. The Morgan fingerprint density at radius 3 is 1.17 bits per heavy atom. The van der Waals surface area contributed by atoms with Crippen molar-refractivity contribution in [3.63, 3.8) is 0 Å². The molecule has 24 heavy (non-hydrogen) atoms. The first-order valence-corrected chi connectivity index (χ1v) is 13.8. The van der Waals surface area contributed by atoms with E-state index in [2.05, 4.69) is 13.2 Å². The normalized spacial score (nSPS) is 10.8. The Bertz CT molecular complexity index is 239. The van der Waals surface area contributed by atoms with Crippen LogP contribution in [0.1, 0.15) is 64.2 Å². The minimum atomic E-state index is 0.713. The standard InChI is InChI=1S/C18H34O2Si4/c1-3-5-7-11-15-21-19-23-17-13-9-10-14-18-24-20-22-16-12-8-6-4-2/h3-4H,1-2,5-18H2. The minimum Gasteiger partial charge on any atom is -0.457 e. The molecular formula is C18H34O2Si4. The van der Waals surface area contributed by atoms with E-state index in [0.29, 0.717) is 19.5 Å². The lowest BCUT2D eigenvalue weighted by molar-refractivity contribution is 0.601. The molecule has 0 aliphatic rings.